The number of hydrogen-bond acceptors (Lipinski definition) is 5. The van der Waals surface area contributed by atoms with E-state index in [4.69, 9.17) is 15.0 Å². The Kier molecular flexibility index (Phi) is 3.09. The molecule has 20 heavy (non-hydrogen) atoms. The Morgan fingerprint density at radius 2 is 1.90 bits per heavy atom. The van der Waals surface area contributed by atoms with E-state index >= 15 is 0 Å². The zero-order valence-electron chi connectivity index (χ0n) is 10.9. The highest BCUT2D eigenvalue weighted by Gasteiger charge is 2.17. The molecule has 0 unspecified atom stereocenters. The molecule has 0 bridgehead atoms. The summed E-state index contributed by atoms with van der Waals surface area (Å²) in [5.41, 5.74) is 9.11. The molecule has 0 fully saturated rings. The minimum absolute atomic E-state index is 0.281. The molecule has 0 atom stereocenters. The number of benzene rings is 1. The lowest BCUT2D eigenvalue weighted by Crippen LogP contribution is -1.88. The van der Waals surface area contributed by atoms with Crippen LogP contribution in [0.5, 0.6) is 5.75 Å². The number of rotatable bonds is 3. The van der Waals surface area contributed by atoms with Crippen molar-refractivity contribution in [3.8, 4) is 28.1 Å². The summed E-state index contributed by atoms with van der Waals surface area (Å²) in [6.07, 6.45) is 3.44. The Bertz CT molecular complexity index is 706. The number of aromatic nitrogens is 2. The molecule has 0 aliphatic rings. The first-order valence-corrected chi connectivity index (χ1v) is 6.09. The lowest BCUT2D eigenvalue weighted by Gasteiger charge is -2.03. The van der Waals surface area contributed by atoms with E-state index in [1.165, 1.54) is 0 Å². The van der Waals surface area contributed by atoms with E-state index in [-0.39, 0.29) is 5.88 Å². The maximum absolute atomic E-state index is 5.89. The Labute approximate surface area is 116 Å². The molecule has 2 aromatic heterocycles. The first-order valence-electron chi connectivity index (χ1n) is 6.09. The zero-order chi connectivity index (χ0) is 13.9. The van der Waals surface area contributed by atoms with Crippen LogP contribution in [0.1, 0.15) is 0 Å². The third-order valence-corrected chi connectivity index (χ3v) is 3.03. The first kappa shape index (κ1) is 12.2. The minimum atomic E-state index is 0.281. The Balaban J connectivity index is 2.11. The molecule has 1 aromatic carbocycles. The lowest BCUT2D eigenvalue weighted by atomic mass is 10.0. The van der Waals surface area contributed by atoms with Crippen molar-refractivity contribution in [1.82, 2.24) is 10.1 Å². The molecule has 3 aromatic rings. The molecular formula is C15H13N3O2. The van der Waals surface area contributed by atoms with Gasteiger partial charge in [-0.1, -0.05) is 11.2 Å². The van der Waals surface area contributed by atoms with E-state index in [0.717, 1.165) is 22.4 Å². The van der Waals surface area contributed by atoms with Gasteiger partial charge in [0.05, 0.1) is 12.7 Å². The van der Waals surface area contributed by atoms with Gasteiger partial charge in [0, 0.05) is 23.5 Å². The number of nitrogens with zero attached hydrogens (tertiary/aromatic N) is 2. The molecule has 3 rings (SSSR count). The van der Waals surface area contributed by atoms with Crippen molar-refractivity contribution >= 4 is 5.88 Å². The summed E-state index contributed by atoms with van der Waals surface area (Å²) >= 11 is 0. The molecular weight excluding hydrogens is 254 g/mol. The molecule has 2 N–H and O–H groups in total. The number of hydrogen-bond donors (Lipinski definition) is 1. The Morgan fingerprint density at radius 3 is 2.55 bits per heavy atom. The summed E-state index contributed by atoms with van der Waals surface area (Å²) in [6, 6.07) is 11.3. The normalized spacial score (nSPS) is 10.4. The number of pyridine rings is 1. The topological polar surface area (TPSA) is 74.2 Å². The van der Waals surface area contributed by atoms with E-state index in [1.54, 1.807) is 19.5 Å². The van der Waals surface area contributed by atoms with Crippen LogP contribution in [0.2, 0.25) is 0 Å². The average molecular weight is 267 g/mol. The van der Waals surface area contributed by atoms with Gasteiger partial charge in [0.2, 0.25) is 5.88 Å². The van der Waals surface area contributed by atoms with E-state index in [9.17, 15) is 0 Å². The second-order valence-corrected chi connectivity index (χ2v) is 4.24. The molecule has 100 valence electrons. The van der Waals surface area contributed by atoms with E-state index in [2.05, 4.69) is 10.1 Å². The summed E-state index contributed by atoms with van der Waals surface area (Å²) in [7, 11) is 1.63. The van der Waals surface area contributed by atoms with Crippen molar-refractivity contribution in [2.24, 2.45) is 0 Å². The molecule has 2 heterocycles. The molecule has 0 saturated heterocycles. The van der Waals surface area contributed by atoms with Crippen molar-refractivity contribution in [1.29, 1.82) is 0 Å². The third-order valence-electron chi connectivity index (χ3n) is 3.03. The minimum Gasteiger partial charge on any atom is -0.497 e. The monoisotopic (exact) mass is 267 g/mol. The molecule has 0 aliphatic heterocycles. The maximum Gasteiger partial charge on any atom is 0.230 e. The second-order valence-electron chi connectivity index (χ2n) is 4.24. The van der Waals surface area contributed by atoms with E-state index in [1.807, 2.05) is 36.4 Å². The van der Waals surface area contributed by atoms with Gasteiger partial charge >= 0.3 is 0 Å². The van der Waals surface area contributed by atoms with Crippen LogP contribution in [-0.4, -0.2) is 17.3 Å². The number of anilines is 1. The molecule has 0 radical (unpaired) electrons. The van der Waals surface area contributed by atoms with Gasteiger partial charge in [-0.15, -0.1) is 0 Å². The van der Waals surface area contributed by atoms with Gasteiger partial charge in [0.1, 0.15) is 11.4 Å². The summed E-state index contributed by atoms with van der Waals surface area (Å²) < 4.78 is 10.3. The van der Waals surface area contributed by atoms with E-state index in [0.29, 0.717) is 5.69 Å². The van der Waals surface area contributed by atoms with Crippen molar-refractivity contribution in [3.05, 3.63) is 48.8 Å². The fourth-order valence-electron chi connectivity index (χ4n) is 2.04. The number of nitrogens with two attached hydrogens (primary N) is 1. The van der Waals surface area contributed by atoms with Gasteiger partial charge < -0.3 is 15.0 Å². The van der Waals surface area contributed by atoms with Crippen molar-refractivity contribution in [3.63, 3.8) is 0 Å². The van der Waals surface area contributed by atoms with Crippen LogP contribution < -0.4 is 10.5 Å². The predicted octanol–water partition coefficient (Wildman–Crippen LogP) is 2.99. The predicted molar refractivity (Wildman–Crippen MR) is 76.1 cm³/mol. The highest BCUT2D eigenvalue weighted by molar-refractivity contribution is 5.86. The van der Waals surface area contributed by atoms with E-state index < -0.39 is 0 Å². The fourth-order valence-corrected chi connectivity index (χ4v) is 2.04. The van der Waals surface area contributed by atoms with Gasteiger partial charge in [-0.25, -0.2) is 0 Å². The zero-order valence-corrected chi connectivity index (χ0v) is 10.9. The Morgan fingerprint density at radius 1 is 1.10 bits per heavy atom. The maximum atomic E-state index is 5.89. The van der Waals surface area contributed by atoms with Gasteiger partial charge in [-0.3, -0.25) is 4.98 Å². The quantitative estimate of drug-likeness (QED) is 0.789. The molecule has 0 aliphatic carbocycles. The summed E-state index contributed by atoms with van der Waals surface area (Å²) in [5, 5.41) is 4.05. The van der Waals surface area contributed by atoms with Crippen molar-refractivity contribution in [2.75, 3.05) is 12.8 Å². The van der Waals surface area contributed by atoms with Crippen molar-refractivity contribution in [2.45, 2.75) is 0 Å². The van der Waals surface area contributed by atoms with Crippen LogP contribution in [0, 0.1) is 0 Å². The SMILES string of the molecule is COc1ccc(-c2noc(N)c2-c2cccnc2)cc1. The highest BCUT2D eigenvalue weighted by atomic mass is 16.5. The van der Waals surface area contributed by atoms with Gasteiger partial charge in [-0.2, -0.15) is 0 Å². The van der Waals surface area contributed by atoms with Crippen LogP contribution in [0.3, 0.4) is 0 Å². The fraction of sp³-hybridized carbons (Fsp3) is 0.0667. The van der Waals surface area contributed by atoms with Crippen molar-refractivity contribution < 1.29 is 9.26 Å². The van der Waals surface area contributed by atoms with Crippen LogP contribution in [0.4, 0.5) is 5.88 Å². The smallest absolute Gasteiger partial charge is 0.230 e. The van der Waals surface area contributed by atoms with Crippen LogP contribution in [0.15, 0.2) is 53.3 Å². The lowest BCUT2D eigenvalue weighted by molar-refractivity contribution is 0.415. The average Bonchev–Trinajstić information content (AvgIpc) is 2.90. The molecule has 0 amide bonds. The van der Waals surface area contributed by atoms with Gasteiger partial charge in [-0.05, 0) is 30.3 Å². The number of methoxy groups -OCH3 is 1. The largest absolute Gasteiger partial charge is 0.497 e. The summed E-state index contributed by atoms with van der Waals surface area (Å²) in [6.45, 7) is 0. The molecule has 0 spiro atoms. The van der Waals surface area contributed by atoms with Crippen LogP contribution in [0.25, 0.3) is 22.4 Å². The van der Waals surface area contributed by atoms with Gasteiger partial charge in [0.25, 0.3) is 0 Å². The molecule has 0 saturated carbocycles. The summed E-state index contributed by atoms with van der Waals surface area (Å²) in [5.74, 6) is 1.07. The standard InChI is InChI=1S/C15H13N3O2/c1-19-12-6-4-10(5-7-12)14-13(15(16)20-18-14)11-3-2-8-17-9-11/h2-9H,16H2,1H3. The first-order chi connectivity index (χ1) is 9.79. The van der Waals surface area contributed by atoms with Crippen LogP contribution in [-0.2, 0) is 0 Å². The Hall–Kier alpha value is -2.82. The highest BCUT2D eigenvalue weighted by Crippen LogP contribution is 2.36. The number of nitrogen functional groups attached to an aromatic ring is 1. The number of ether oxygens (including phenoxy) is 1. The molecule has 5 heteroatoms. The molecule has 5 nitrogen and oxygen atoms in total. The van der Waals surface area contributed by atoms with Crippen LogP contribution >= 0.6 is 0 Å². The van der Waals surface area contributed by atoms with Gasteiger partial charge in [0.15, 0.2) is 0 Å². The third kappa shape index (κ3) is 2.09. The summed E-state index contributed by atoms with van der Waals surface area (Å²) in [4.78, 5) is 4.10. The second kappa shape index (κ2) is 5.05.